The summed E-state index contributed by atoms with van der Waals surface area (Å²) in [5.41, 5.74) is 5.17. The Balaban J connectivity index is 2.08. The van der Waals surface area contributed by atoms with Gasteiger partial charge in [0.25, 0.3) is 0 Å². The molecular weight excluding hydrogens is 250 g/mol. The van der Waals surface area contributed by atoms with Crippen molar-refractivity contribution in [2.75, 3.05) is 20.8 Å². The van der Waals surface area contributed by atoms with Gasteiger partial charge in [0.1, 0.15) is 11.5 Å². The minimum Gasteiger partial charge on any atom is -0.497 e. The summed E-state index contributed by atoms with van der Waals surface area (Å²) in [5, 5.41) is 3.44. The van der Waals surface area contributed by atoms with E-state index in [2.05, 4.69) is 29.6 Å². The van der Waals surface area contributed by atoms with Crippen LogP contribution in [-0.4, -0.2) is 20.8 Å². The predicted octanol–water partition coefficient (Wildman–Crippen LogP) is 3.02. The van der Waals surface area contributed by atoms with E-state index in [1.54, 1.807) is 14.2 Å². The largest absolute Gasteiger partial charge is 0.497 e. The molecule has 1 heterocycles. The van der Waals surface area contributed by atoms with Crippen molar-refractivity contribution < 1.29 is 9.47 Å². The second kappa shape index (κ2) is 5.55. The molecule has 0 aromatic heterocycles. The summed E-state index contributed by atoms with van der Waals surface area (Å²) in [6, 6.07) is 12.4. The van der Waals surface area contributed by atoms with Crippen LogP contribution in [0.25, 0.3) is 11.1 Å². The first-order valence-corrected chi connectivity index (χ1v) is 6.87. The second-order valence-corrected chi connectivity index (χ2v) is 4.93. The molecular formula is C17H19NO2. The van der Waals surface area contributed by atoms with Gasteiger partial charge < -0.3 is 14.8 Å². The lowest BCUT2D eigenvalue weighted by molar-refractivity contribution is 0.406. The minimum atomic E-state index is 0.884. The van der Waals surface area contributed by atoms with E-state index < -0.39 is 0 Å². The van der Waals surface area contributed by atoms with Gasteiger partial charge in [-0.2, -0.15) is 0 Å². The van der Waals surface area contributed by atoms with E-state index in [0.717, 1.165) is 31.0 Å². The lowest BCUT2D eigenvalue weighted by atomic mass is 9.91. The van der Waals surface area contributed by atoms with Gasteiger partial charge in [-0.1, -0.05) is 18.2 Å². The first kappa shape index (κ1) is 13.0. The van der Waals surface area contributed by atoms with Gasteiger partial charge in [-0.3, -0.25) is 0 Å². The molecule has 0 fully saturated rings. The van der Waals surface area contributed by atoms with Crippen molar-refractivity contribution in [3.05, 3.63) is 47.5 Å². The molecule has 0 atom stereocenters. The van der Waals surface area contributed by atoms with Crippen LogP contribution in [0.3, 0.4) is 0 Å². The zero-order valence-corrected chi connectivity index (χ0v) is 11.9. The molecule has 0 aliphatic carbocycles. The quantitative estimate of drug-likeness (QED) is 0.929. The summed E-state index contributed by atoms with van der Waals surface area (Å²) in [7, 11) is 3.43. The minimum absolute atomic E-state index is 0.884. The Bertz CT molecular complexity index is 605. The molecule has 1 aliphatic heterocycles. The normalized spacial score (nSPS) is 13.7. The maximum absolute atomic E-state index is 5.49. The van der Waals surface area contributed by atoms with E-state index in [-0.39, 0.29) is 0 Å². The highest BCUT2D eigenvalue weighted by atomic mass is 16.5. The zero-order chi connectivity index (χ0) is 13.9. The van der Waals surface area contributed by atoms with E-state index in [4.69, 9.17) is 9.47 Å². The molecule has 0 amide bonds. The number of ether oxygens (including phenoxy) is 2. The van der Waals surface area contributed by atoms with Crippen LogP contribution >= 0.6 is 0 Å². The number of nitrogens with one attached hydrogen (secondary N) is 1. The van der Waals surface area contributed by atoms with E-state index in [1.807, 2.05) is 12.1 Å². The molecule has 1 N–H and O–H groups in total. The Kier molecular flexibility index (Phi) is 3.61. The third kappa shape index (κ3) is 2.25. The molecule has 2 aromatic carbocycles. The second-order valence-electron chi connectivity index (χ2n) is 4.93. The van der Waals surface area contributed by atoms with Gasteiger partial charge in [0.05, 0.1) is 14.2 Å². The average molecular weight is 269 g/mol. The first-order valence-electron chi connectivity index (χ1n) is 6.87. The number of methoxy groups -OCH3 is 2. The lowest BCUT2D eigenvalue weighted by Crippen LogP contribution is -2.24. The van der Waals surface area contributed by atoms with Crippen LogP contribution in [-0.2, 0) is 13.0 Å². The van der Waals surface area contributed by atoms with Crippen molar-refractivity contribution in [3.8, 4) is 22.6 Å². The van der Waals surface area contributed by atoms with Gasteiger partial charge in [-0.05, 0) is 47.9 Å². The molecule has 0 spiro atoms. The summed E-state index contributed by atoms with van der Waals surface area (Å²) in [5.74, 6) is 1.88. The number of benzene rings is 2. The SMILES string of the molecule is COc1ccc(-c2ccc(OC)c3c2CNCC3)cc1. The molecule has 0 saturated heterocycles. The van der Waals surface area contributed by atoms with Crippen LogP contribution in [0.4, 0.5) is 0 Å². The molecule has 104 valence electrons. The Morgan fingerprint density at radius 1 is 0.900 bits per heavy atom. The fraction of sp³-hybridized carbons (Fsp3) is 0.294. The average Bonchev–Trinajstić information content (AvgIpc) is 2.54. The number of fused-ring (bicyclic) bond motifs is 1. The molecule has 20 heavy (non-hydrogen) atoms. The molecule has 0 saturated carbocycles. The predicted molar refractivity (Wildman–Crippen MR) is 80.4 cm³/mol. The van der Waals surface area contributed by atoms with Crippen molar-refractivity contribution in [3.63, 3.8) is 0 Å². The van der Waals surface area contributed by atoms with Crippen LogP contribution in [0.15, 0.2) is 36.4 Å². The molecule has 3 rings (SSSR count). The van der Waals surface area contributed by atoms with Crippen LogP contribution in [0.1, 0.15) is 11.1 Å². The van der Waals surface area contributed by atoms with Crippen LogP contribution in [0.2, 0.25) is 0 Å². The highest BCUT2D eigenvalue weighted by molar-refractivity contribution is 5.71. The third-order valence-corrected chi connectivity index (χ3v) is 3.86. The smallest absolute Gasteiger partial charge is 0.122 e. The number of hydrogen-bond donors (Lipinski definition) is 1. The van der Waals surface area contributed by atoms with Crippen LogP contribution in [0, 0.1) is 0 Å². The molecule has 1 aliphatic rings. The van der Waals surface area contributed by atoms with E-state index in [1.165, 1.54) is 22.3 Å². The monoisotopic (exact) mass is 269 g/mol. The fourth-order valence-corrected chi connectivity index (χ4v) is 2.81. The van der Waals surface area contributed by atoms with Crippen molar-refractivity contribution in [2.45, 2.75) is 13.0 Å². The lowest BCUT2D eigenvalue weighted by Gasteiger charge is -2.23. The summed E-state index contributed by atoms with van der Waals surface area (Å²) < 4.78 is 10.7. The van der Waals surface area contributed by atoms with E-state index in [0.29, 0.717) is 0 Å². The Hall–Kier alpha value is -2.00. The van der Waals surface area contributed by atoms with Gasteiger partial charge >= 0.3 is 0 Å². The van der Waals surface area contributed by atoms with Crippen LogP contribution in [0.5, 0.6) is 11.5 Å². The maximum atomic E-state index is 5.49. The van der Waals surface area contributed by atoms with Gasteiger partial charge in [-0.25, -0.2) is 0 Å². The molecule has 3 nitrogen and oxygen atoms in total. The molecule has 0 radical (unpaired) electrons. The highest BCUT2D eigenvalue weighted by Crippen LogP contribution is 2.34. The van der Waals surface area contributed by atoms with Crippen molar-refractivity contribution >= 4 is 0 Å². The number of rotatable bonds is 3. The molecule has 3 heteroatoms. The maximum Gasteiger partial charge on any atom is 0.122 e. The Morgan fingerprint density at radius 3 is 2.40 bits per heavy atom. The first-order chi connectivity index (χ1) is 9.83. The van der Waals surface area contributed by atoms with E-state index in [9.17, 15) is 0 Å². The fourth-order valence-electron chi connectivity index (χ4n) is 2.81. The van der Waals surface area contributed by atoms with Gasteiger partial charge in [0, 0.05) is 12.1 Å². The Labute approximate surface area is 119 Å². The van der Waals surface area contributed by atoms with Crippen molar-refractivity contribution in [1.82, 2.24) is 5.32 Å². The molecule has 0 unspecified atom stereocenters. The van der Waals surface area contributed by atoms with Crippen molar-refractivity contribution in [1.29, 1.82) is 0 Å². The van der Waals surface area contributed by atoms with Gasteiger partial charge in [0.15, 0.2) is 0 Å². The van der Waals surface area contributed by atoms with Crippen LogP contribution < -0.4 is 14.8 Å². The zero-order valence-electron chi connectivity index (χ0n) is 11.9. The summed E-state index contributed by atoms with van der Waals surface area (Å²) in [6.07, 6.45) is 1.02. The van der Waals surface area contributed by atoms with Crippen molar-refractivity contribution in [2.24, 2.45) is 0 Å². The number of hydrogen-bond acceptors (Lipinski definition) is 3. The highest BCUT2D eigenvalue weighted by Gasteiger charge is 2.18. The van der Waals surface area contributed by atoms with Gasteiger partial charge in [0.2, 0.25) is 0 Å². The van der Waals surface area contributed by atoms with Gasteiger partial charge in [-0.15, -0.1) is 0 Å². The summed E-state index contributed by atoms with van der Waals surface area (Å²) in [4.78, 5) is 0. The topological polar surface area (TPSA) is 30.5 Å². The summed E-state index contributed by atoms with van der Waals surface area (Å²) in [6.45, 7) is 1.91. The molecule has 2 aromatic rings. The standard InChI is InChI=1S/C17H19NO2/c1-19-13-5-3-12(4-6-13)14-7-8-17(20-2)15-9-10-18-11-16(14)15/h3-8,18H,9-11H2,1-2H3. The molecule has 0 bridgehead atoms. The van der Waals surface area contributed by atoms with E-state index >= 15 is 0 Å². The summed E-state index contributed by atoms with van der Waals surface area (Å²) >= 11 is 0. The Morgan fingerprint density at radius 2 is 1.70 bits per heavy atom. The third-order valence-electron chi connectivity index (χ3n) is 3.86.